The predicted molar refractivity (Wildman–Crippen MR) is 64.7 cm³/mol. The highest BCUT2D eigenvalue weighted by Gasteiger charge is 2.22. The van der Waals surface area contributed by atoms with Crippen LogP contribution in [0.25, 0.3) is 0 Å². The zero-order valence-corrected chi connectivity index (χ0v) is 11.1. The number of hydrogen-bond acceptors (Lipinski definition) is 3. The summed E-state index contributed by atoms with van der Waals surface area (Å²) < 4.78 is 10.2. The molecule has 0 bridgehead atoms. The topological polar surface area (TPSA) is 30.5 Å². The van der Waals surface area contributed by atoms with E-state index in [0.717, 1.165) is 19.6 Å². The summed E-state index contributed by atoms with van der Waals surface area (Å²) in [6.45, 7) is 9.25. The Morgan fingerprint density at radius 2 is 1.93 bits per heavy atom. The molecule has 0 aromatic heterocycles. The van der Waals surface area contributed by atoms with E-state index in [2.05, 4.69) is 19.2 Å². The molecule has 0 saturated heterocycles. The van der Waals surface area contributed by atoms with Crippen LogP contribution in [0, 0.1) is 0 Å². The summed E-state index contributed by atoms with van der Waals surface area (Å²) >= 11 is 6.04. The Kier molecular flexibility index (Phi) is 8.43. The summed E-state index contributed by atoms with van der Waals surface area (Å²) in [6, 6.07) is 0. The van der Waals surface area contributed by atoms with E-state index in [0.29, 0.717) is 13.2 Å². The minimum absolute atomic E-state index is 0.0198. The lowest BCUT2D eigenvalue weighted by atomic mass is 10.0. The molecule has 0 aromatic rings. The second kappa shape index (κ2) is 8.34. The van der Waals surface area contributed by atoms with Gasteiger partial charge in [0.05, 0.1) is 13.2 Å². The number of nitrogens with one attached hydrogen (secondary N) is 1. The molecule has 0 saturated carbocycles. The second-order valence-corrected chi connectivity index (χ2v) is 4.88. The molecule has 4 heteroatoms. The molecule has 1 atom stereocenters. The fourth-order valence-electron chi connectivity index (χ4n) is 0.970. The van der Waals surface area contributed by atoms with E-state index in [1.54, 1.807) is 7.11 Å². The van der Waals surface area contributed by atoms with E-state index in [4.69, 9.17) is 21.1 Å². The first-order valence-corrected chi connectivity index (χ1v) is 5.90. The summed E-state index contributed by atoms with van der Waals surface area (Å²) in [7, 11) is 1.68. The van der Waals surface area contributed by atoms with Crippen molar-refractivity contribution in [3.8, 4) is 0 Å². The Bertz CT molecular complexity index is 152. The number of hydrogen-bond donors (Lipinski definition) is 1. The van der Waals surface area contributed by atoms with Gasteiger partial charge in [-0.1, -0.05) is 0 Å². The molecule has 0 amide bonds. The fraction of sp³-hybridized carbons (Fsp3) is 1.00. The fourth-order valence-corrected chi connectivity index (χ4v) is 1.05. The van der Waals surface area contributed by atoms with Crippen LogP contribution in [0.5, 0.6) is 0 Å². The molecule has 0 heterocycles. The van der Waals surface area contributed by atoms with Crippen LogP contribution in [0.3, 0.4) is 0 Å². The Hall–Kier alpha value is 0.170. The van der Waals surface area contributed by atoms with Crippen molar-refractivity contribution < 1.29 is 9.47 Å². The first-order valence-electron chi connectivity index (χ1n) is 5.46. The van der Waals surface area contributed by atoms with Gasteiger partial charge in [-0.25, -0.2) is 0 Å². The molecule has 1 N–H and O–H groups in total. The standard InChI is InChI=1S/C11H24ClNO2/c1-10(12)11(2,3)13-6-5-7-15-9-8-14-4/h10,13H,5-9H2,1-4H3. The van der Waals surface area contributed by atoms with Gasteiger partial charge in [0.15, 0.2) is 0 Å². The van der Waals surface area contributed by atoms with Crippen molar-refractivity contribution in [3.63, 3.8) is 0 Å². The van der Waals surface area contributed by atoms with Gasteiger partial charge in [0, 0.05) is 24.6 Å². The first-order chi connectivity index (χ1) is 7.00. The summed E-state index contributed by atoms with van der Waals surface area (Å²) in [5, 5.41) is 3.52. The molecule has 0 aliphatic carbocycles. The van der Waals surface area contributed by atoms with Crippen LogP contribution in [-0.2, 0) is 9.47 Å². The average Bonchev–Trinajstić information content (AvgIpc) is 2.16. The van der Waals surface area contributed by atoms with Crippen molar-refractivity contribution in [2.24, 2.45) is 0 Å². The van der Waals surface area contributed by atoms with Crippen LogP contribution in [0.15, 0.2) is 0 Å². The highest BCUT2D eigenvalue weighted by atomic mass is 35.5. The molecule has 0 aliphatic heterocycles. The Labute approximate surface area is 98.5 Å². The third-order valence-electron chi connectivity index (χ3n) is 2.47. The van der Waals surface area contributed by atoms with Gasteiger partial charge < -0.3 is 14.8 Å². The van der Waals surface area contributed by atoms with Crippen LogP contribution < -0.4 is 5.32 Å². The van der Waals surface area contributed by atoms with Gasteiger partial charge in [0.25, 0.3) is 0 Å². The highest BCUT2D eigenvalue weighted by Crippen LogP contribution is 2.14. The molecule has 0 rings (SSSR count). The lowest BCUT2D eigenvalue weighted by Crippen LogP contribution is -2.46. The van der Waals surface area contributed by atoms with Crippen molar-refractivity contribution in [3.05, 3.63) is 0 Å². The van der Waals surface area contributed by atoms with Crippen LogP contribution in [0.1, 0.15) is 27.2 Å². The molecule has 0 aliphatic rings. The number of ether oxygens (including phenoxy) is 2. The van der Waals surface area contributed by atoms with E-state index in [-0.39, 0.29) is 10.9 Å². The van der Waals surface area contributed by atoms with Crippen molar-refractivity contribution in [2.45, 2.75) is 38.1 Å². The molecule has 3 nitrogen and oxygen atoms in total. The maximum atomic E-state index is 6.04. The molecule has 0 radical (unpaired) electrons. The Balaban J connectivity index is 3.31. The molecule has 0 fully saturated rings. The van der Waals surface area contributed by atoms with E-state index < -0.39 is 0 Å². The van der Waals surface area contributed by atoms with Gasteiger partial charge in [-0.05, 0) is 33.7 Å². The predicted octanol–water partition coefficient (Wildman–Crippen LogP) is 2.03. The molecular weight excluding hydrogens is 214 g/mol. The van der Waals surface area contributed by atoms with Crippen LogP contribution in [-0.4, -0.2) is 44.4 Å². The summed E-state index contributed by atoms with van der Waals surface area (Å²) in [5.41, 5.74) is -0.0198. The maximum Gasteiger partial charge on any atom is 0.0700 e. The third-order valence-corrected chi connectivity index (χ3v) is 3.02. The third kappa shape index (κ3) is 8.03. The average molecular weight is 238 g/mol. The maximum absolute atomic E-state index is 6.04. The van der Waals surface area contributed by atoms with Gasteiger partial charge >= 0.3 is 0 Å². The van der Waals surface area contributed by atoms with Crippen LogP contribution >= 0.6 is 11.6 Å². The number of halogens is 1. The van der Waals surface area contributed by atoms with Gasteiger partial charge in [0.2, 0.25) is 0 Å². The largest absolute Gasteiger partial charge is 0.382 e. The highest BCUT2D eigenvalue weighted by molar-refractivity contribution is 6.21. The summed E-state index contributed by atoms with van der Waals surface area (Å²) in [6.07, 6.45) is 0.997. The summed E-state index contributed by atoms with van der Waals surface area (Å²) in [4.78, 5) is 0. The normalized spacial score (nSPS) is 14.2. The molecule has 0 spiro atoms. The molecule has 1 unspecified atom stereocenters. The zero-order chi connectivity index (χ0) is 11.7. The molecule has 0 aromatic carbocycles. The number of alkyl halides is 1. The van der Waals surface area contributed by atoms with Crippen LogP contribution in [0.4, 0.5) is 0 Å². The summed E-state index contributed by atoms with van der Waals surface area (Å²) in [5.74, 6) is 0. The molecule has 15 heavy (non-hydrogen) atoms. The van der Waals surface area contributed by atoms with E-state index in [1.807, 2.05) is 6.92 Å². The number of methoxy groups -OCH3 is 1. The zero-order valence-electron chi connectivity index (χ0n) is 10.3. The lowest BCUT2D eigenvalue weighted by Gasteiger charge is -2.29. The monoisotopic (exact) mass is 237 g/mol. The number of rotatable bonds is 9. The smallest absolute Gasteiger partial charge is 0.0700 e. The SMILES string of the molecule is COCCOCCCNC(C)(C)C(C)Cl. The van der Waals surface area contributed by atoms with Crippen molar-refractivity contribution in [1.29, 1.82) is 0 Å². The van der Waals surface area contributed by atoms with Crippen molar-refractivity contribution in [1.82, 2.24) is 5.32 Å². The lowest BCUT2D eigenvalue weighted by molar-refractivity contribution is 0.0688. The van der Waals surface area contributed by atoms with Crippen molar-refractivity contribution >= 4 is 11.6 Å². The van der Waals surface area contributed by atoms with Gasteiger partial charge in [-0.2, -0.15) is 0 Å². The van der Waals surface area contributed by atoms with Crippen molar-refractivity contribution in [2.75, 3.05) is 33.5 Å². The van der Waals surface area contributed by atoms with E-state index in [9.17, 15) is 0 Å². The minimum Gasteiger partial charge on any atom is -0.382 e. The Morgan fingerprint density at radius 1 is 1.27 bits per heavy atom. The van der Waals surface area contributed by atoms with E-state index >= 15 is 0 Å². The van der Waals surface area contributed by atoms with Gasteiger partial charge in [-0.3, -0.25) is 0 Å². The minimum atomic E-state index is -0.0198. The van der Waals surface area contributed by atoms with Crippen LogP contribution in [0.2, 0.25) is 0 Å². The second-order valence-electron chi connectivity index (χ2n) is 4.22. The molecule has 92 valence electrons. The quantitative estimate of drug-likeness (QED) is 0.492. The van der Waals surface area contributed by atoms with E-state index in [1.165, 1.54) is 0 Å². The molecular formula is C11H24ClNO2. The van der Waals surface area contributed by atoms with Gasteiger partial charge in [-0.15, -0.1) is 11.6 Å². The first kappa shape index (κ1) is 15.2. The Morgan fingerprint density at radius 3 is 2.47 bits per heavy atom. The van der Waals surface area contributed by atoms with Gasteiger partial charge in [0.1, 0.15) is 0 Å².